The van der Waals surface area contributed by atoms with E-state index in [9.17, 15) is 9.59 Å². The van der Waals surface area contributed by atoms with Gasteiger partial charge in [0.15, 0.2) is 5.78 Å². The Labute approximate surface area is 119 Å². The third-order valence-electron chi connectivity index (χ3n) is 2.73. The lowest BCUT2D eigenvalue weighted by Crippen LogP contribution is -2.03. The van der Waals surface area contributed by atoms with Gasteiger partial charge in [-0.25, -0.2) is 4.79 Å². The number of carboxylic acid groups (broad SMARTS) is 1. The normalized spacial score (nSPS) is 11.3. The van der Waals surface area contributed by atoms with E-state index in [1.54, 1.807) is 12.1 Å². The van der Waals surface area contributed by atoms with Crippen LogP contribution in [0.3, 0.4) is 0 Å². The quantitative estimate of drug-likeness (QED) is 0.329. The van der Waals surface area contributed by atoms with E-state index in [0.717, 1.165) is 5.56 Å². The summed E-state index contributed by atoms with van der Waals surface area (Å²) in [6.07, 6.45) is 3.43. The topological polar surface area (TPSA) is 118 Å². The Bertz CT molecular complexity index is 701. The molecule has 1 aromatic heterocycles. The average Bonchev–Trinajstić information content (AvgIpc) is 2.90. The highest BCUT2D eigenvalue weighted by molar-refractivity contribution is 6.07. The zero-order valence-electron chi connectivity index (χ0n) is 10.9. The number of nitrogen functional groups attached to an aromatic ring is 1. The maximum Gasteiger partial charge on any atom is 0.371 e. The number of carboxylic acids is 1. The first-order valence-electron chi connectivity index (χ1n) is 6.01. The number of carbonyl (C=O) groups is 2. The number of allylic oxidation sites excluding steroid dienone is 1. The number of benzene rings is 1. The van der Waals surface area contributed by atoms with Crippen molar-refractivity contribution < 1.29 is 19.8 Å². The van der Waals surface area contributed by atoms with E-state index in [2.05, 4.69) is 5.10 Å². The second kappa shape index (κ2) is 5.91. The summed E-state index contributed by atoms with van der Waals surface area (Å²) in [4.78, 5) is 22.1. The van der Waals surface area contributed by atoms with Gasteiger partial charge in [-0.3, -0.25) is 9.48 Å². The molecule has 0 unspecified atom stereocenters. The number of rotatable bonds is 5. The molecule has 0 aliphatic carbocycles. The third kappa shape index (κ3) is 3.69. The molecule has 1 aromatic carbocycles. The number of hydrogen-bond donors (Lipinski definition) is 3. The zero-order chi connectivity index (χ0) is 15.4. The second-order valence-corrected chi connectivity index (χ2v) is 4.37. The van der Waals surface area contributed by atoms with Crippen molar-refractivity contribution in [2.45, 2.75) is 6.54 Å². The summed E-state index contributed by atoms with van der Waals surface area (Å²) in [6.45, 7) is 0.447. The van der Waals surface area contributed by atoms with E-state index in [1.807, 2.05) is 12.1 Å². The van der Waals surface area contributed by atoms with Crippen molar-refractivity contribution in [3.63, 3.8) is 0 Å². The first-order chi connectivity index (χ1) is 9.95. The number of aliphatic carboxylic acids is 1. The number of anilines is 1. The number of aliphatic hydroxyl groups is 1. The highest BCUT2D eigenvalue weighted by Crippen LogP contribution is 2.08. The van der Waals surface area contributed by atoms with Crippen LogP contribution in [-0.2, 0) is 11.3 Å². The number of nitrogens with zero attached hydrogens (tertiary/aromatic N) is 2. The van der Waals surface area contributed by atoms with Gasteiger partial charge < -0.3 is 15.9 Å². The maximum atomic E-state index is 11.7. The predicted molar refractivity (Wildman–Crippen MR) is 74.9 cm³/mol. The van der Waals surface area contributed by atoms with Crippen LogP contribution >= 0.6 is 0 Å². The van der Waals surface area contributed by atoms with Gasteiger partial charge in [-0.05, 0) is 17.7 Å². The van der Waals surface area contributed by atoms with Crippen LogP contribution in [0.4, 0.5) is 5.69 Å². The average molecular weight is 287 g/mol. The smallest absolute Gasteiger partial charge is 0.371 e. The van der Waals surface area contributed by atoms with Gasteiger partial charge in [-0.15, -0.1) is 0 Å². The van der Waals surface area contributed by atoms with Gasteiger partial charge in [0.2, 0.25) is 5.76 Å². The van der Waals surface area contributed by atoms with Crippen molar-refractivity contribution in [1.82, 2.24) is 9.78 Å². The van der Waals surface area contributed by atoms with E-state index in [0.29, 0.717) is 18.3 Å². The first kappa shape index (κ1) is 14.3. The molecule has 1 heterocycles. The maximum absolute atomic E-state index is 11.7. The van der Waals surface area contributed by atoms with Gasteiger partial charge in [0.1, 0.15) is 0 Å². The molecule has 108 valence electrons. The van der Waals surface area contributed by atoms with Crippen LogP contribution in [0.25, 0.3) is 0 Å². The highest BCUT2D eigenvalue weighted by Gasteiger charge is 2.11. The Morgan fingerprint density at radius 1 is 1.24 bits per heavy atom. The fourth-order valence-corrected chi connectivity index (χ4v) is 1.66. The Balaban J connectivity index is 2.11. The van der Waals surface area contributed by atoms with Crippen LogP contribution in [0, 0.1) is 0 Å². The summed E-state index contributed by atoms with van der Waals surface area (Å²) in [5.41, 5.74) is 7.39. The Kier molecular flexibility index (Phi) is 4.03. The number of carbonyl (C=O) groups excluding carboxylic acids is 1. The fourth-order valence-electron chi connectivity index (χ4n) is 1.66. The van der Waals surface area contributed by atoms with E-state index in [1.165, 1.54) is 17.1 Å². The van der Waals surface area contributed by atoms with Crippen molar-refractivity contribution in [3.05, 3.63) is 59.6 Å². The van der Waals surface area contributed by atoms with Crippen LogP contribution in [-0.4, -0.2) is 31.7 Å². The van der Waals surface area contributed by atoms with E-state index in [-0.39, 0.29) is 5.56 Å². The molecule has 0 aliphatic rings. The molecule has 21 heavy (non-hydrogen) atoms. The van der Waals surface area contributed by atoms with Gasteiger partial charge >= 0.3 is 5.97 Å². The highest BCUT2D eigenvalue weighted by atomic mass is 16.4. The lowest BCUT2D eigenvalue weighted by Gasteiger charge is -2.01. The lowest BCUT2D eigenvalue weighted by atomic mass is 10.2. The van der Waals surface area contributed by atoms with Gasteiger partial charge in [0, 0.05) is 18.0 Å². The van der Waals surface area contributed by atoms with Gasteiger partial charge in [-0.2, -0.15) is 5.10 Å². The van der Waals surface area contributed by atoms with Crippen LogP contribution in [0.1, 0.15) is 15.9 Å². The molecule has 7 heteroatoms. The number of hydrogen-bond acceptors (Lipinski definition) is 5. The molecule has 7 nitrogen and oxygen atoms in total. The van der Waals surface area contributed by atoms with Gasteiger partial charge in [0.05, 0.1) is 18.3 Å². The van der Waals surface area contributed by atoms with E-state index < -0.39 is 17.5 Å². The van der Waals surface area contributed by atoms with Crippen LogP contribution in [0.2, 0.25) is 0 Å². The van der Waals surface area contributed by atoms with Crippen molar-refractivity contribution in [3.8, 4) is 0 Å². The molecule has 0 bridgehead atoms. The second-order valence-electron chi connectivity index (χ2n) is 4.37. The van der Waals surface area contributed by atoms with E-state index >= 15 is 0 Å². The summed E-state index contributed by atoms with van der Waals surface area (Å²) in [7, 11) is 0. The molecule has 0 spiro atoms. The molecular formula is C14H13N3O4. The summed E-state index contributed by atoms with van der Waals surface area (Å²) < 4.78 is 1.53. The van der Waals surface area contributed by atoms with Crippen LogP contribution < -0.4 is 5.73 Å². The number of nitrogens with two attached hydrogens (primary N) is 1. The molecule has 0 atom stereocenters. The Morgan fingerprint density at radius 2 is 1.90 bits per heavy atom. The predicted octanol–water partition coefficient (Wildman–Crippen LogP) is 1.22. The molecule has 0 amide bonds. The van der Waals surface area contributed by atoms with Crippen molar-refractivity contribution in [2.75, 3.05) is 5.73 Å². The molecule has 0 radical (unpaired) electrons. The molecule has 0 saturated heterocycles. The summed E-state index contributed by atoms with van der Waals surface area (Å²) in [6, 6.07) is 7.21. The monoisotopic (exact) mass is 287 g/mol. The summed E-state index contributed by atoms with van der Waals surface area (Å²) >= 11 is 0. The van der Waals surface area contributed by atoms with Crippen molar-refractivity contribution in [2.24, 2.45) is 0 Å². The minimum atomic E-state index is -1.56. The molecule has 4 N–H and O–H groups in total. The Hall–Kier alpha value is -3.09. The SMILES string of the molecule is Nc1ccc(Cn2cc(C(=O)C=C(O)C(=O)O)cn2)cc1. The fraction of sp³-hybridized carbons (Fsp3) is 0.0714. The third-order valence-corrected chi connectivity index (χ3v) is 2.73. The van der Waals surface area contributed by atoms with Crippen molar-refractivity contribution in [1.29, 1.82) is 0 Å². The summed E-state index contributed by atoms with van der Waals surface area (Å²) in [5, 5.41) is 21.5. The minimum absolute atomic E-state index is 0.193. The first-order valence-corrected chi connectivity index (χ1v) is 6.01. The van der Waals surface area contributed by atoms with Crippen molar-refractivity contribution >= 4 is 17.4 Å². The molecule has 0 aliphatic heterocycles. The molecular weight excluding hydrogens is 274 g/mol. The van der Waals surface area contributed by atoms with Crippen LogP contribution in [0.5, 0.6) is 0 Å². The molecule has 0 fully saturated rings. The summed E-state index contributed by atoms with van der Waals surface area (Å²) in [5.74, 6) is -3.19. The van der Waals surface area contributed by atoms with E-state index in [4.69, 9.17) is 15.9 Å². The number of aromatic nitrogens is 2. The van der Waals surface area contributed by atoms with Gasteiger partial charge in [0.25, 0.3) is 0 Å². The molecule has 2 aromatic rings. The molecule has 2 rings (SSSR count). The van der Waals surface area contributed by atoms with Crippen LogP contribution in [0.15, 0.2) is 48.5 Å². The molecule has 0 saturated carbocycles. The van der Waals surface area contributed by atoms with Gasteiger partial charge in [-0.1, -0.05) is 12.1 Å². The standard InChI is InChI=1S/C14H13N3O4/c15-11-3-1-9(2-4-11)7-17-8-10(6-16-17)12(18)5-13(19)14(20)21/h1-6,8,19H,7,15H2,(H,20,21). The number of aliphatic hydroxyl groups excluding tert-OH is 1. The lowest BCUT2D eigenvalue weighted by molar-refractivity contribution is -0.135. The zero-order valence-corrected chi connectivity index (χ0v) is 10.9. The largest absolute Gasteiger partial charge is 0.502 e. The Morgan fingerprint density at radius 3 is 2.52 bits per heavy atom. The number of ketones is 1. The minimum Gasteiger partial charge on any atom is -0.502 e.